The van der Waals surface area contributed by atoms with E-state index in [0.29, 0.717) is 24.2 Å². The van der Waals surface area contributed by atoms with Crippen molar-refractivity contribution in [1.82, 2.24) is 4.90 Å². The van der Waals surface area contributed by atoms with Gasteiger partial charge in [0.1, 0.15) is 0 Å². The third-order valence-electron chi connectivity index (χ3n) is 3.07. The standard InChI is InChI=1S/C15H21NO3/c1-4-9-16(10-5-2)14(17)12-7-6-8-13(11(12)3)15(18)19/h6-8H,4-5,9-10H2,1-3H3,(H,18,19). The van der Waals surface area contributed by atoms with E-state index in [1.165, 1.54) is 6.07 Å². The quantitative estimate of drug-likeness (QED) is 0.858. The molecule has 0 aliphatic carbocycles. The first-order chi connectivity index (χ1) is 9.02. The number of rotatable bonds is 6. The summed E-state index contributed by atoms with van der Waals surface area (Å²) in [4.78, 5) is 25.3. The van der Waals surface area contributed by atoms with Gasteiger partial charge in [0.05, 0.1) is 5.56 Å². The molecule has 1 aromatic carbocycles. The van der Waals surface area contributed by atoms with E-state index in [-0.39, 0.29) is 11.5 Å². The lowest BCUT2D eigenvalue weighted by molar-refractivity contribution is 0.0696. The minimum absolute atomic E-state index is 0.0794. The summed E-state index contributed by atoms with van der Waals surface area (Å²) in [5, 5.41) is 9.09. The summed E-state index contributed by atoms with van der Waals surface area (Å²) in [6.45, 7) is 7.13. The van der Waals surface area contributed by atoms with E-state index in [1.807, 2.05) is 13.8 Å². The van der Waals surface area contributed by atoms with Gasteiger partial charge in [-0.2, -0.15) is 0 Å². The predicted molar refractivity (Wildman–Crippen MR) is 74.6 cm³/mol. The van der Waals surface area contributed by atoms with Crippen molar-refractivity contribution < 1.29 is 14.7 Å². The molecule has 0 saturated heterocycles. The number of carboxylic acid groups (broad SMARTS) is 1. The third-order valence-corrected chi connectivity index (χ3v) is 3.07. The molecule has 0 atom stereocenters. The van der Waals surface area contributed by atoms with Crippen molar-refractivity contribution in [2.75, 3.05) is 13.1 Å². The average molecular weight is 263 g/mol. The Kier molecular flexibility index (Phi) is 5.55. The normalized spacial score (nSPS) is 10.3. The van der Waals surface area contributed by atoms with Crippen LogP contribution in [0.2, 0.25) is 0 Å². The molecular formula is C15H21NO3. The molecule has 0 unspecified atom stereocenters. The molecule has 1 N–H and O–H groups in total. The second-order valence-electron chi connectivity index (χ2n) is 4.58. The highest BCUT2D eigenvalue weighted by atomic mass is 16.4. The van der Waals surface area contributed by atoms with Gasteiger partial charge in [-0.15, -0.1) is 0 Å². The Balaban J connectivity index is 3.10. The first kappa shape index (κ1) is 15.2. The van der Waals surface area contributed by atoms with Gasteiger partial charge in [-0.25, -0.2) is 4.79 Å². The Bertz CT molecular complexity index is 462. The van der Waals surface area contributed by atoms with Crippen LogP contribution in [0.4, 0.5) is 0 Å². The highest BCUT2D eigenvalue weighted by Gasteiger charge is 2.19. The van der Waals surface area contributed by atoms with Gasteiger partial charge in [-0.1, -0.05) is 19.9 Å². The van der Waals surface area contributed by atoms with E-state index in [4.69, 9.17) is 5.11 Å². The van der Waals surface area contributed by atoms with Crippen LogP contribution in [0, 0.1) is 6.92 Å². The molecule has 0 aromatic heterocycles. The van der Waals surface area contributed by atoms with E-state index >= 15 is 0 Å². The van der Waals surface area contributed by atoms with Crippen LogP contribution in [-0.2, 0) is 0 Å². The maximum Gasteiger partial charge on any atom is 0.335 e. The van der Waals surface area contributed by atoms with Crippen LogP contribution in [0.5, 0.6) is 0 Å². The van der Waals surface area contributed by atoms with Gasteiger partial charge in [0.25, 0.3) is 5.91 Å². The van der Waals surface area contributed by atoms with Crippen molar-refractivity contribution >= 4 is 11.9 Å². The fourth-order valence-electron chi connectivity index (χ4n) is 2.12. The summed E-state index contributed by atoms with van der Waals surface area (Å²) in [5.41, 5.74) is 1.22. The number of hydrogen-bond acceptors (Lipinski definition) is 2. The second-order valence-corrected chi connectivity index (χ2v) is 4.58. The van der Waals surface area contributed by atoms with Crippen LogP contribution in [-0.4, -0.2) is 35.0 Å². The summed E-state index contributed by atoms with van der Waals surface area (Å²) in [6, 6.07) is 4.85. The van der Waals surface area contributed by atoms with Crippen LogP contribution < -0.4 is 0 Å². The minimum atomic E-state index is -0.996. The van der Waals surface area contributed by atoms with Crippen molar-refractivity contribution in [1.29, 1.82) is 0 Å². The minimum Gasteiger partial charge on any atom is -0.478 e. The fourth-order valence-corrected chi connectivity index (χ4v) is 2.12. The molecule has 4 heteroatoms. The zero-order valence-electron chi connectivity index (χ0n) is 11.8. The van der Waals surface area contributed by atoms with Crippen LogP contribution in [0.25, 0.3) is 0 Å². The summed E-state index contributed by atoms with van der Waals surface area (Å²) in [5.74, 6) is -1.08. The largest absolute Gasteiger partial charge is 0.478 e. The molecule has 0 spiro atoms. The maximum absolute atomic E-state index is 12.5. The van der Waals surface area contributed by atoms with Gasteiger partial charge in [0.2, 0.25) is 0 Å². The molecule has 1 aromatic rings. The highest BCUT2D eigenvalue weighted by Crippen LogP contribution is 2.16. The summed E-state index contributed by atoms with van der Waals surface area (Å²) in [6.07, 6.45) is 1.78. The molecule has 0 bridgehead atoms. The molecule has 19 heavy (non-hydrogen) atoms. The molecule has 0 radical (unpaired) electrons. The Labute approximate surface area is 114 Å². The highest BCUT2D eigenvalue weighted by molar-refractivity contribution is 5.99. The Hall–Kier alpha value is -1.84. The third kappa shape index (κ3) is 3.56. The number of carboxylic acids is 1. The molecule has 0 aliphatic rings. The van der Waals surface area contributed by atoms with Gasteiger partial charge in [-0.05, 0) is 37.5 Å². The summed E-state index contributed by atoms with van der Waals surface area (Å²) >= 11 is 0. The van der Waals surface area contributed by atoms with E-state index in [9.17, 15) is 9.59 Å². The molecule has 1 amide bonds. The van der Waals surface area contributed by atoms with Crippen LogP contribution >= 0.6 is 0 Å². The molecule has 0 fully saturated rings. The summed E-state index contributed by atoms with van der Waals surface area (Å²) < 4.78 is 0. The Morgan fingerprint density at radius 3 is 2.11 bits per heavy atom. The zero-order valence-corrected chi connectivity index (χ0v) is 11.8. The lowest BCUT2D eigenvalue weighted by Crippen LogP contribution is -2.33. The van der Waals surface area contributed by atoms with Crippen molar-refractivity contribution in [3.63, 3.8) is 0 Å². The number of carbonyl (C=O) groups excluding carboxylic acids is 1. The molecule has 0 aliphatic heterocycles. The lowest BCUT2D eigenvalue weighted by Gasteiger charge is -2.22. The second kappa shape index (κ2) is 6.92. The van der Waals surface area contributed by atoms with Gasteiger partial charge in [-0.3, -0.25) is 4.79 Å². The predicted octanol–water partition coefficient (Wildman–Crippen LogP) is 2.96. The first-order valence-corrected chi connectivity index (χ1v) is 6.65. The molecule has 4 nitrogen and oxygen atoms in total. The number of amides is 1. The number of hydrogen-bond donors (Lipinski definition) is 1. The van der Waals surface area contributed by atoms with Crippen molar-refractivity contribution in [2.24, 2.45) is 0 Å². The summed E-state index contributed by atoms with van der Waals surface area (Å²) in [7, 11) is 0. The Morgan fingerprint density at radius 1 is 1.11 bits per heavy atom. The topological polar surface area (TPSA) is 57.6 Å². The van der Waals surface area contributed by atoms with E-state index in [2.05, 4.69) is 0 Å². The van der Waals surface area contributed by atoms with Crippen molar-refractivity contribution in [3.8, 4) is 0 Å². The average Bonchev–Trinajstić information content (AvgIpc) is 2.37. The van der Waals surface area contributed by atoms with Crippen molar-refractivity contribution in [3.05, 3.63) is 34.9 Å². The smallest absolute Gasteiger partial charge is 0.335 e. The molecule has 1 rings (SSSR count). The number of nitrogens with zero attached hydrogens (tertiary/aromatic N) is 1. The first-order valence-electron chi connectivity index (χ1n) is 6.65. The SMILES string of the molecule is CCCN(CCC)C(=O)c1cccc(C(=O)O)c1C. The van der Waals surface area contributed by atoms with Gasteiger partial charge in [0, 0.05) is 18.7 Å². The van der Waals surface area contributed by atoms with Crippen LogP contribution in [0.1, 0.15) is 53.0 Å². The monoisotopic (exact) mass is 263 g/mol. The number of carbonyl (C=O) groups is 2. The maximum atomic E-state index is 12.5. The van der Waals surface area contributed by atoms with E-state index in [0.717, 1.165) is 12.8 Å². The van der Waals surface area contributed by atoms with Gasteiger partial charge < -0.3 is 10.0 Å². The molecule has 0 heterocycles. The lowest BCUT2D eigenvalue weighted by atomic mass is 10.0. The zero-order chi connectivity index (χ0) is 14.4. The molecule has 0 saturated carbocycles. The van der Waals surface area contributed by atoms with Crippen LogP contribution in [0.15, 0.2) is 18.2 Å². The van der Waals surface area contributed by atoms with E-state index in [1.54, 1.807) is 24.0 Å². The van der Waals surface area contributed by atoms with Crippen molar-refractivity contribution in [2.45, 2.75) is 33.6 Å². The number of aromatic carboxylic acids is 1. The number of benzene rings is 1. The molecular weight excluding hydrogens is 242 g/mol. The fraction of sp³-hybridized carbons (Fsp3) is 0.467. The Morgan fingerprint density at radius 2 is 1.63 bits per heavy atom. The molecule has 104 valence electrons. The van der Waals surface area contributed by atoms with Crippen LogP contribution in [0.3, 0.4) is 0 Å². The van der Waals surface area contributed by atoms with E-state index < -0.39 is 5.97 Å². The van der Waals surface area contributed by atoms with Gasteiger partial charge >= 0.3 is 5.97 Å². The van der Waals surface area contributed by atoms with Gasteiger partial charge in [0.15, 0.2) is 0 Å².